The first kappa shape index (κ1) is 22.8. The minimum absolute atomic E-state index is 0.0705. The lowest BCUT2D eigenvalue weighted by Gasteiger charge is -2.32. The third-order valence-electron chi connectivity index (χ3n) is 5.75. The number of amides is 1. The molecule has 1 aromatic heterocycles. The summed E-state index contributed by atoms with van der Waals surface area (Å²) in [5.74, 6) is 2.27. The normalized spacial score (nSPS) is 15.8. The van der Waals surface area contributed by atoms with Crippen LogP contribution in [0.1, 0.15) is 34.1 Å². The van der Waals surface area contributed by atoms with E-state index >= 15 is 0 Å². The van der Waals surface area contributed by atoms with Crippen LogP contribution < -0.4 is 18.9 Å². The predicted molar refractivity (Wildman–Crippen MR) is 126 cm³/mol. The summed E-state index contributed by atoms with van der Waals surface area (Å²) in [6.07, 6.45) is 1.87. The highest BCUT2D eigenvalue weighted by molar-refractivity contribution is 7.14. The molecule has 8 nitrogen and oxygen atoms in total. The van der Waals surface area contributed by atoms with Crippen LogP contribution in [0.15, 0.2) is 36.4 Å². The minimum atomic E-state index is -0.0705. The van der Waals surface area contributed by atoms with Crippen LogP contribution in [0.4, 0.5) is 0 Å². The Balaban J connectivity index is 1.52. The van der Waals surface area contributed by atoms with Gasteiger partial charge in [-0.05, 0) is 49.2 Å². The molecule has 174 valence electrons. The number of methoxy groups -OCH3 is 4. The van der Waals surface area contributed by atoms with Crippen LogP contribution >= 0.6 is 11.3 Å². The van der Waals surface area contributed by atoms with E-state index in [1.54, 1.807) is 51.9 Å². The van der Waals surface area contributed by atoms with Gasteiger partial charge in [0.15, 0.2) is 11.5 Å². The van der Waals surface area contributed by atoms with Gasteiger partial charge in [-0.15, -0.1) is 10.2 Å². The van der Waals surface area contributed by atoms with Gasteiger partial charge in [-0.2, -0.15) is 0 Å². The Morgan fingerprint density at radius 3 is 2.27 bits per heavy atom. The van der Waals surface area contributed by atoms with Gasteiger partial charge in [-0.1, -0.05) is 11.3 Å². The van der Waals surface area contributed by atoms with E-state index in [2.05, 4.69) is 10.2 Å². The molecule has 1 aliphatic heterocycles. The van der Waals surface area contributed by atoms with Gasteiger partial charge >= 0.3 is 0 Å². The number of aromatic nitrogens is 2. The van der Waals surface area contributed by atoms with Crippen molar-refractivity contribution in [2.45, 2.75) is 18.8 Å². The monoisotopic (exact) mass is 469 g/mol. The predicted octanol–water partition coefficient (Wildman–Crippen LogP) is 4.26. The van der Waals surface area contributed by atoms with Crippen molar-refractivity contribution in [1.29, 1.82) is 0 Å². The van der Waals surface area contributed by atoms with Gasteiger partial charge in [-0.25, -0.2) is 0 Å². The van der Waals surface area contributed by atoms with Crippen LogP contribution in [-0.2, 0) is 0 Å². The van der Waals surface area contributed by atoms with Crippen LogP contribution in [-0.4, -0.2) is 62.5 Å². The molecular weight excluding hydrogens is 442 g/mol. The van der Waals surface area contributed by atoms with Gasteiger partial charge < -0.3 is 23.8 Å². The summed E-state index contributed by atoms with van der Waals surface area (Å²) >= 11 is 1.58. The van der Waals surface area contributed by atoms with E-state index in [1.807, 2.05) is 29.2 Å². The van der Waals surface area contributed by atoms with Crippen molar-refractivity contribution in [2.75, 3.05) is 41.5 Å². The van der Waals surface area contributed by atoms with E-state index in [9.17, 15) is 4.79 Å². The molecule has 2 aromatic carbocycles. The van der Waals surface area contributed by atoms with Gasteiger partial charge in [0.05, 0.1) is 28.4 Å². The van der Waals surface area contributed by atoms with E-state index in [1.165, 1.54) is 0 Å². The van der Waals surface area contributed by atoms with Crippen molar-refractivity contribution in [2.24, 2.45) is 0 Å². The van der Waals surface area contributed by atoms with E-state index in [-0.39, 0.29) is 11.8 Å². The summed E-state index contributed by atoms with van der Waals surface area (Å²) in [6.45, 7) is 1.28. The maximum absolute atomic E-state index is 13.3. The molecule has 0 aliphatic carbocycles. The van der Waals surface area contributed by atoms with Crippen LogP contribution in [0.25, 0.3) is 10.6 Å². The highest BCUT2D eigenvalue weighted by Gasteiger charge is 2.29. The maximum Gasteiger partial charge on any atom is 0.254 e. The van der Waals surface area contributed by atoms with E-state index < -0.39 is 0 Å². The SMILES string of the molecule is COc1ccc(-c2nnc(C3CCCN(C(=O)c4cc(OC)c(OC)c(OC)c4)C3)s2)cc1. The zero-order valence-electron chi connectivity index (χ0n) is 19.2. The number of ether oxygens (including phenoxy) is 4. The molecule has 1 amide bonds. The zero-order chi connectivity index (χ0) is 23.4. The summed E-state index contributed by atoms with van der Waals surface area (Å²) in [6, 6.07) is 11.2. The number of piperidine rings is 1. The van der Waals surface area contributed by atoms with E-state index in [4.69, 9.17) is 18.9 Å². The number of rotatable bonds is 7. The molecule has 0 N–H and O–H groups in total. The molecule has 1 atom stereocenters. The molecule has 1 aliphatic rings. The molecule has 0 saturated carbocycles. The number of likely N-dealkylation sites (tertiary alicyclic amines) is 1. The molecule has 0 bridgehead atoms. The molecule has 1 unspecified atom stereocenters. The Kier molecular flexibility index (Phi) is 6.98. The van der Waals surface area contributed by atoms with Crippen molar-refractivity contribution >= 4 is 17.2 Å². The minimum Gasteiger partial charge on any atom is -0.497 e. The van der Waals surface area contributed by atoms with Gasteiger partial charge in [-0.3, -0.25) is 4.79 Å². The Morgan fingerprint density at radius 1 is 0.970 bits per heavy atom. The first-order chi connectivity index (χ1) is 16.1. The quantitative estimate of drug-likeness (QED) is 0.511. The first-order valence-electron chi connectivity index (χ1n) is 10.6. The van der Waals surface area contributed by atoms with Gasteiger partial charge in [0.25, 0.3) is 5.91 Å². The third-order valence-corrected chi connectivity index (χ3v) is 6.88. The number of carbonyl (C=O) groups is 1. The lowest BCUT2D eigenvalue weighted by atomic mass is 9.98. The third kappa shape index (κ3) is 4.73. The molecule has 1 saturated heterocycles. The lowest BCUT2D eigenvalue weighted by Crippen LogP contribution is -2.39. The van der Waals surface area contributed by atoms with Crippen LogP contribution in [0.5, 0.6) is 23.0 Å². The number of hydrogen-bond acceptors (Lipinski definition) is 8. The van der Waals surface area contributed by atoms with Crippen LogP contribution in [0, 0.1) is 0 Å². The van der Waals surface area contributed by atoms with Crippen LogP contribution in [0.3, 0.4) is 0 Å². The summed E-state index contributed by atoms with van der Waals surface area (Å²) < 4.78 is 21.4. The number of carbonyl (C=O) groups excluding carboxylic acids is 1. The topological polar surface area (TPSA) is 83.0 Å². The standard InChI is InChI=1S/C24H27N3O5S/c1-29-18-9-7-15(8-10-18)22-25-26-23(33-22)16-6-5-11-27(14-16)24(28)17-12-19(30-2)21(32-4)20(13-17)31-3/h7-10,12-13,16H,5-6,11,14H2,1-4H3. The van der Waals surface area contributed by atoms with Crippen molar-refractivity contribution in [3.8, 4) is 33.6 Å². The second-order valence-corrected chi connectivity index (χ2v) is 8.69. The Hall–Kier alpha value is -3.33. The molecule has 4 rings (SSSR count). The van der Waals surface area contributed by atoms with Gasteiger partial charge in [0.1, 0.15) is 15.8 Å². The average Bonchev–Trinajstić information content (AvgIpc) is 3.38. The number of benzene rings is 2. The molecule has 2 heterocycles. The fraction of sp³-hybridized carbons (Fsp3) is 0.375. The van der Waals surface area contributed by atoms with Crippen molar-refractivity contribution in [3.63, 3.8) is 0 Å². The fourth-order valence-electron chi connectivity index (χ4n) is 4.00. The fourth-order valence-corrected chi connectivity index (χ4v) is 4.97. The summed E-state index contributed by atoms with van der Waals surface area (Å²) in [5.41, 5.74) is 1.50. The van der Waals surface area contributed by atoms with E-state index in [0.29, 0.717) is 35.9 Å². The number of nitrogens with zero attached hydrogens (tertiary/aromatic N) is 3. The maximum atomic E-state index is 13.3. The van der Waals surface area contributed by atoms with Crippen molar-refractivity contribution < 1.29 is 23.7 Å². The Morgan fingerprint density at radius 2 is 1.67 bits per heavy atom. The average molecular weight is 470 g/mol. The zero-order valence-corrected chi connectivity index (χ0v) is 20.0. The summed E-state index contributed by atoms with van der Waals surface area (Å²) in [5, 5.41) is 10.6. The Labute approximate surface area is 197 Å². The largest absolute Gasteiger partial charge is 0.497 e. The smallest absolute Gasteiger partial charge is 0.254 e. The molecular formula is C24H27N3O5S. The molecule has 33 heavy (non-hydrogen) atoms. The number of hydrogen-bond donors (Lipinski definition) is 0. The Bertz CT molecular complexity index is 1090. The van der Waals surface area contributed by atoms with Gasteiger partial charge in [0, 0.05) is 30.1 Å². The molecule has 9 heteroatoms. The molecule has 0 spiro atoms. The molecule has 3 aromatic rings. The second-order valence-electron chi connectivity index (χ2n) is 7.68. The second kappa shape index (κ2) is 10.1. The summed E-state index contributed by atoms with van der Waals surface area (Å²) in [7, 11) is 6.27. The lowest BCUT2D eigenvalue weighted by molar-refractivity contribution is 0.0706. The molecule has 0 radical (unpaired) electrons. The highest BCUT2D eigenvalue weighted by atomic mass is 32.1. The van der Waals surface area contributed by atoms with Gasteiger partial charge in [0.2, 0.25) is 5.75 Å². The summed E-state index contributed by atoms with van der Waals surface area (Å²) in [4.78, 5) is 15.2. The molecule has 1 fully saturated rings. The van der Waals surface area contributed by atoms with Crippen LogP contribution in [0.2, 0.25) is 0 Å². The highest BCUT2D eigenvalue weighted by Crippen LogP contribution is 2.39. The van der Waals surface area contributed by atoms with Crippen molar-refractivity contribution in [3.05, 3.63) is 47.0 Å². The van der Waals surface area contributed by atoms with Crippen molar-refractivity contribution in [1.82, 2.24) is 15.1 Å². The van der Waals surface area contributed by atoms with E-state index in [0.717, 1.165) is 34.2 Å². The first-order valence-corrected chi connectivity index (χ1v) is 11.5.